The maximum absolute atomic E-state index is 13.2. The molecule has 1 heterocycles. The van der Waals surface area contributed by atoms with E-state index in [0.717, 1.165) is 21.9 Å². The minimum absolute atomic E-state index is 0.283. The van der Waals surface area contributed by atoms with Gasteiger partial charge in [0, 0.05) is 19.5 Å². The van der Waals surface area contributed by atoms with Gasteiger partial charge in [0.05, 0.1) is 0 Å². The van der Waals surface area contributed by atoms with Crippen molar-refractivity contribution in [2.45, 2.75) is 31.1 Å². The molecule has 1 aliphatic heterocycles. The first-order valence-corrected chi connectivity index (χ1v) is 11.2. The Morgan fingerprint density at radius 2 is 1.68 bits per heavy atom. The first-order chi connectivity index (χ1) is 16.5. The minimum atomic E-state index is -1.07. The number of carboxylic acids is 1. The first kappa shape index (κ1) is 23.2. The number of hydrogen-bond acceptors (Lipinski definition) is 4. The second kappa shape index (κ2) is 10.3. The standard InChI is InChI=1S/C27H27N3O4/c1-2-15-30-23(24(30)27(33)34)26(32)29-22(16-18-9-4-3-5-10-18)25(31)28-17-20-13-8-12-19-11-6-7-14-21(19)20/h2-14,22-24H,1,15-17H2,(H,28,31)(H,29,32)(H,33,34)/t22-,23-,24-,30?/m0/s1. The van der Waals surface area contributed by atoms with Crippen molar-refractivity contribution < 1.29 is 19.5 Å². The number of amides is 2. The molecule has 0 saturated carbocycles. The van der Waals surface area contributed by atoms with Crippen LogP contribution in [0, 0.1) is 0 Å². The van der Waals surface area contributed by atoms with Crippen molar-refractivity contribution in [3.63, 3.8) is 0 Å². The van der Waals surface area contributed by atoms with Crippen molar-refractivity contribution in [1.82, 2.24) is 15.5 Å². The Balaban J connectivity index is 1.49. The molecule has 2 amide bonds. The van der Waals surface area contributed by atoms with Gasteiger partial charge in [-0.15, -0.1) is 6.58 Å². The molecule has 0 radical (unpaired) electrons. The highest BCUT2D eigenvalue weighted by Gasteiger charge is 2.56. The lowest BCUT2D eigenvalue weighted by Gasteiger charge is -2.19. The highest BCUT2D eigenvalue weighted by atomic mass is 16.4. The molecule has 1 aliphatic rings. The summed E-state index contributed by atoms with van der Waals surface area (Å²) in [6, 6.07) is 20.7. The number of nitrogens with zero attached hydrogens (tertiary/aromatic N) is 1. The molecule has 0 spiro atoms. The van der Waals surface area contributed by atoms with Crippen molar-refractivity contribution in [1.29, 1.82) is 0 Å². The summed E-state index contributed by atoms with van der Waals surface area (Å²) in [5.74, 6) is -1.87. The van der Waals surface area contributed by atoms with E-state index in [-0.39, 0.29) is 12.5 Å². The average molecular weight is 458 g/mol. The van der Waals surface area contributed by atoms with Crippen molar-refractivity contribution in [2.24, 2.45) is 0 Å². The minimum Gasteiger partial charge on any atom is -0.480 e. The van der Waals surface area contributed by atoms with Gasteiger partial charge in [0.2, 0.25) is 11.8 Å². The lowest BCUT2D eigenvalue weighted by atomic mass is 10.0. The summed E-state index contributed by atoms with van der Waals surface area (Å²) < 4.78 is 0. The number of nitrogens with one attached hydrogen (secondary N) is 2. The van der Waals surface area contributed by atoms with Gasteiger partial charge in [-0.3, -0.25) is 19.3 Å². The summed E-state index contributed by atoms with van der Waals surface area (Å²) in [5.41, 5.74) is 1.86. The predicted octanol–water partition coefficient (Wildman–Crippen LogP) is 2.51. The second-order valence-corrected chi connectivity index (χ2v) is 8.32. The van der Waals surface area contributed by atoms with Crippen molar-refractivity contribution in [3.05, 3.63) is 96.6 Å². The van der Waals surface area contributed by atoms with Crippen LogP contribution in [-0.2, 0) is 27.3 Å². The van der Waals surface area contributed by atoms with Gasteiger partial charge < -0.3 is 15.7 Å². The summed E-state index contributed by atoms with van der Waals surface area (Å²) in [5, 5.41) is 17.3. The largest absolute Gasteiger partial charge is 0.480 e. The molecule has 0 aromatic heterocycles. The molecular weight excluding hydrogens is 430 g/mol. The van der Waals surface area contributed by atoms with Crippen LogP contribution in [0.3, 0.4) is 0 Å². The van der Waals surface area contributed by atoms with Crippen LogP contribution in [0.25, 0.3) is 10.8 Å². The summed E-state index contributed by atoms with van der Waals surface area (Å²) >= 11 is 0. The molecular formula is C27H27N3O4. The van der Waals surface area contributed by atoms with E-state index < -0.39 is 30.0 Å². The van der Waals surface area contributed by atoms with Gasteiger partial charge in [0.15, 0.2) is 0 Å². The van der Waals surface area contributed by atoms with Crippen molar-refractivity contribution >= 4 is 28.6 Å². The molecule has 1 fully saturated rings. The molecule has 0 bridgehead atoms. The van der Waals surface area contributed by atoms with Gasteiger partial charge >= 0.3 is 5.97 Å². The van der Waals surface area contributed by atoms with Crippen molar-refractivity contribution in [2.75, 3.05) is 6.54 Å². The fourth-order valence-corrected chi connectivity index (χ4v) is 4.29. The Morgan fingerprint density at radius 1 is 0.971 bits per heavy atom. The van der Waals surface area contributed by atoms with Crippen LogP contribution in [0.1, 0.15) is 11.1 Å². The van der Waals surface area contributed by atoms with Gasteiger partial charge in [-0.2, -0.15) is 0 Å². The number of carbonyl (C=O) groups is 3. The highest BCUT2D eigenvalue weighted by Crippen LogP contribution is 2.28. The van der Waals surface area contributed by atoms with E-state index in [1.807, 2.05) is 72.8 Å². The SMILES string of the molecule is C=CCN1[C@H](C(=O)O)[C@H]1C(=O)N[C@@H](Cc1ccccc1)C(=O)NCc1cccc2ccccc12. The van der Waals surface area contributed by atoms with Crippen LogP contribution < -0.4 is 10.6 Å². The molecule has 1 saturated heterocycles. The van der Waals surface area contributed by atoms with Crippen LogP contribution in [0.15, 0.2) is 85.5 Å². The Morgan fingerprint density at radius 3 is 2.41 bits per heavy atom. The molecule has 7 nitrogen and oxygen atoms in total. The zero-order valence-corrected chi connectivity index (χ0v) is 18.7. The normalized spacial score (nSPS) is 19.7. The quantitative estimate of drug-likeness (QED) is 0.321. The highest BCUT2D eigenvalue weighted by molar-refractivity contribution is 5.97. The molecule has 4 rings (SSSR count). The summed E-state index contributed by atoms with van der Waals surface area (Å²) in [6.45, 7) is 4.21. The van der Waals surface area contributed by atoms with Crippen LogP contribution in [0.4, 0.5) is 0 Å². The summed E-state index contributed by atoms with van der Waals surface area (Å²) in [7, 11) is 0. The van der Waals surface area contributed by atoms with Crippen LogP contribution in [0.5, 0.6) is 0 Å². The molecule has 3 aromatic rings. The lowest BCUT2D eigenvalue weighted by molar-refractivity contribution is -0.137. The smallest absolute Gasteiger partial charge is 0.323 e. The van der Waals surface area contributed by atoms with Gasteiger partial charge in [-0.05, 0) is 21.9 Å². The fourth-order valence-electron chi connectivity index (χ4n) is 4.29. The number of benzene rings is 3. The number of hydrogen-bond donors (Lipinski definition) is 3. The molecule has 1 unspecified atom stereocenters. The van der Waals surface area contributed by atoms with E-state index in [4.69, 9.17) is 0 Å². The van der Waals surface area contributed by atoms with E-state index in [9.17, 15) is 19.5 Å². The molecule has 174 valence electrons. The topological polar surface area (TPSA) is 98.5 Å². The van der Waals surface area contributed by atoms with Crippen LogP contribution in [-0.4, -0.2) is 52.5 Å². The van der Waals surface area contributed by atoms with Crippen LogP contribution >= 0.6 is 0 Å². The number of carbonyl (C=O) groups excluding carboxylic acids is 2. The zero-order valence-electron chi connectivity index (χ0n) is 18.7. The number of carboxylic acid groups (broad SMARTS) is 1. The Hall–Kier alpha value is -3.97. The van der Waals surface area contributed by atoms with Crippen molar-refractivity contribution in [3.8, 4) is 0 Å². The fraction of sp³-hybridized carbons (Fsp3) is 0.222. The number of aliphatic carboxylic acids is 1. The maximum atomic E-state index is 13.2. The van der Waals surface area contributed by atoms with Gasteiger partial charge in [-0.25, -0.2) is 0 Å². The summed E-state index contributed by atoms with van der Waals surface area (Å²) in [4.78, 5) is 39.1. The second-order valence-electron chi connectivity index (χ2n) is 8.32. The Bertz CT molecular complexity index is 1210. The third kappa shape index (κ3) is 5.15. The predicted molar refractivity (Wildman–Crippen MR) is 130 cm³/mol. The summed E-state index contributed by atoms with van der Waals surface area (Å²) in [6.07, 6.45) is 1.85. The lowest BCUT2D eigenvalue weighted by Crippen LogP contribution is -2.49. The molecule has 0 aliphatic carbocycles. The molecule has 7 heteroatoms. The van der Waals surface area contributed by atoms with E-state index >= 15 is 0 Å². The first-order valence-electron chi connectivity index (χ1n) is 11.2. The Kier molecular flexibility index (Phi) is 7.04. The maximum Gasteiger partial charge on any atom is 0.323 e. The van der Waals surface area contributed by atoms with E-state index in [0.29, 0.717) is 13.0 Å². The monoisotopic (exact) mass is 457 g/mol. The average Bonchev–Trinajstić information content (AvgIpc) is 3.57. The van der Waals surface area contributed by atoms with Crippen LogP contribution in [0.2, 0.25) is 0 Å². The van der Waals surface area contributed by atoms with E-state index in [2.05, 4.69) is 17.2 Å². The zero-order chi connectivity index (χ0) is 24.1. The molecule has 34 heavy (non-hydrogen) atoms. The molecule has 3 aromatic carbocycles. The Labute approximate surface area is 198 Å². The number of rotatable bonds is 10. The van der Waals surface area contributed by atoms with E-state index in [1.165, 1.54) is 4.90 Å². The molecule has 3 N–H and O–H groups in total. The van der Waals surface area contributed by atoms with Gasteiger partial charge in [-0.1, -0.05) is 78.9 Å². The third-order valence-corrected chi connectivity index (χ3v) is 6.03. The van der Waals surface area contributed by atoms with Gasteiger partial charge in [0.1, 0.15) is 18.1 Å². The third-order valence-electron chi connectivity index (χ3n) is 6.03. The number of fused-ring (bicyclic) bond motifs is 1. The molecule has 4 atom stereocenters. The van der Waals surface area contributed by atoms with Gasteiger partial charge in [0.25, 0.3) is 0 Å². The van der Waals surface area contributed by atoms with E-state index in [1.54, 1.807) is 6.08 Å².